The number of nitrogens with one attached hydrogen (secondary N) is 2. The van der Waals surface area contributed by atoms with Crippen molar-refractivity contribution in [1.29, 1.82) is 0 Å². The number of pyridine rings is 1. The third-order valence-electron chi connectivity index (χ3n) is 7.17. The van der Waals surface area contributed by atoms with Gasteiger partial charge < -0.3 is 25.4 Å². The number of piperidine rings is 1. The molecule has 0 unspecified atom stereocenters. The minimum atomic E-state index is -1.12. The number of amides is 1. The first kappa shape index (κ1) is 28.8. The second-order valence-corrected chi connectivity index (χ2v) is 10.0. The molecule has 10 nitrogen and oxygen atoms in total. The van der Waals surface area contributed by atoms with Crippen LogP contribution in [0.5, 0.6) is 0 Å². The van der Waals surface area contributed by atoms with Crippen molar-refractivity contribution in [2.75, 3.05) is 29.9 Å². The first-order valence-electron chi connectivity index (χ1n) is 13.9. The lowest BCUT2D eigenvalue weighted by molar-refractivity contribution is -0.139. The van der Waals surface area contributed by atoms with Crippen LogP contribution in [0.25, 0.3) is 0 Å². The number of ether oxygens (including phenoxy) is 1. The molecule has 1 atom stereocenters. The van der Waals surface area contributed by atoms with Gasteiger partial charge >= 0.3 is 12.1 Å². The summed E-state index contributed by atoms with van der Waals surface area (Å²) in [6, 6.07) is 14.3. The summed E-state index contributed by atoms with van der Waals surface area (Å²) < 4.78 is 5.19. The number of alkyl carbamates (subject to hydrolysis) is 1. The average molecular weight is 547 g/mol. The van der Waals surface area contributed by atoms with Crippen molar-refractivity contribution in [3.8, 4) is 0 Å². The van der Waals surface area contributed by atoms with Crippen molar-refractivity contribution in [2.45, 2.75) is 64.5 Å². The zero-order chi connectivity index (χ0) is 28.3. The standard InChI is InChI=1S/C30H38N6O4/c1-3-16-31-27-11-7-10-25(34-27)23-14-17-36(18-15-23)28-21(2)24(32-20-33-28)12-13-26(29(37)38)35-30(39)40-19-22-8-5-4-6-9-22/h4-11,20,23,26H,3,12-19H2,1-2H3,(H,31,34)(H,35,39)(H,37,38)/t26-/m0/s1. The Kier molecular flexibility index (Phi) is 10.3. The number of hydrogen-bond acceptors (Lipinski definition) is 8. The monoisotopic (exact) mass is 546 g/mol. The van der Waals surface area contributed by atoms with Crippen LogP contribution in [0, 0.1) is 6.92 Å². The number of carbonyl (C=O) groups is 2. The molecule has 1 amide bonds. The van der Waals surface area contributed by atoms with Crippen LogP contribution in [0.1, 0.15) is 61.0 Å². The molecular formula is C30H38N6O4. The maximum Gasteiger partial charge on any atom is 0.408 e. The van der Waals surface area contributed by atoms with Gasteiger partial charge in [0.05, 0.1) is 0 Å². The van der Waals surface area contributed by atoms with Crippen molar-refractivity contribution in [3.63, 3.8) is 0 Å². The molecule has 1 aliphatic rings. The number of carboxylic acid groups (broad SMARTS) is 1. The van der Waals surface area contributed by atoms with Gasteiger partial charge in [-0.15, -0.1) is 0 Å². The van der Waals surface area contributed by atoms with Gasteiger partial charge in [-0.3, -0.25) is 0 Å². The zero-order valence-corrected chi connectivity index (χ0v) is 23.2. The fourth-order valence-corrected chi connectivity index (χ4v) is 4.91. The summed E-state index contributed by atoms with van der Waals surface area (Å²) in [4.78, 5) is 40.1. The van der Waals surface area contributed by atoms with Gasteiger partial charge in [-0.1, -0.05) is 43.3 Å². The van der Waals surface area contributed by atoms with Crippen molar-refractivity contribution in [3.05, 3.63) is 77.4 Å². The molecule has 1 fully saturated rings. The van der Waals surface area contributed by atoms with Gasteiger partial charge in [0.15, 0.2) is 0 Å². The molecule has 0 bridgehead atoms. The first-order chi connectivity index (χ1) is 19.4. The molecule has 4 rings (SSSR count). The van der Waals surface area contributed by atoms with Crippen LogP contribution in [-0.4, -0.2) is 57.8 Å². The lowest BCUT2D eigenvalue weighted by Gasteiger charge is -2.33. The van der Waals surface area contributed by atoms with Crippen molar-refractivity contribution in [1.82, 2.24) is 20.3 Å². The third kappa shape index (κ3) is 7.91. The number of aryl methyl sites for hydroxylation is 1. The molecule has 0 aliphatic carbocycles. The van der Waals surface area contributed by atoms with Crippen LogP contribution in [0.2, 0.25) is 0 Å². The summed E-state index contributed by atoms with van der Waals surface area (Å²) >= 11 is 0. The molecule has 212 valence electrons. The van der Waals surface area contributed by atoms with Gasteiger partial charge in [-0.05, 0) is 56.7 Å². The molecule has 1 aromatic carbocycles. The van der Waals surface area contributed by atoms with Gasteiger partial charge in [0.1, 0.15) is 30.6 Å². The SMILES string of the molecule is CCCNc1cccc(C2CCN(c3ncnc(CC[C@H](NC(=O)OCc4ccccc4)C(=O)O)c3C)CC2)n1. The summed E-state index contributed by atoms with van der Waals surface area (Å²) in [5, 5.41) is 15.5. The molecule has 3 N–H and O–H groups in total. The van der Waals surface area contributed by atoms with E-state index in [0.717, 1.165) is 73.0 Å². The summed E-state index contributed by atoms with van der Waals surface area (Å²) in [6.45, 7) is 6.79. The van der Waals surface area contributed by atoms with E-state index >= 15 is 0 Å². The van der Waals surface area contributed by atoms with Crippen LogP contribution in [0.3, 0.4) is 0 Å². The van der Waals surface area contributed by atoms with E-state index in [9.17, 15) is 14.7 Å². The molecule has 40 heavy (non-hydrogen) atoms. The van der Waals surface area contributed by atoms with Gasteiger partial charge in [-0.2, -0.15) is 0 Å². The second kappa shape index (κ2) is 14.3. The Bertz CT molecular complexity index is 1260. The Labute approximate surface area is 235 Å². The molecule has 0 saturated carbocycles. The van der Waals surface area contributed by atoms with Crippen molar-refractivity contribution < 1.29 is 19.4 Å². The minimum absolute atomic E-state index is 0.0708. The van der Waals surface area contributed by atoms with Gasteiger partial charge in [0.2, 0.25) is 0 Å². The number of aromatic nitrogens is 3. The lowest BCUT2D eigenvalue weighted by atomic mass is 9.92. The van der Waals surface area contributed by atoms with Crippen LogP contribution >= 0.6 is 0 Å². The molecule has 10 heteroatoms. The Hall–Kier alpha value is -4.21. The number of aliphatic carboxylic acids is 1. The fourth-order valence-electron chi connectivity index (χ4n) is 4.91. The Balaban J connectivity index is 1.31. The molecule has 3 heterocycles. The van der Waals surface area contributed by atoms with E-state index in [4.69, 9.17) is 9.72 Å². The maximum absolute atomic E-state index is 12.2. The van der Waals surface area contributed by atoms with E-state index in [1.54, 1.807) is 0 Å². The lowest BCUT2D eigenvalue weighted by Crippen LogP contribution is -2.41. The number of carbonyl (C=O) groups excluding carboxylic acids is 1. The summed E-state index contributed by atoms with van der Waals surface area (Å²) in [5.74, 6) is 1.08. The third-order valence-corrected chi connectivity index (χ3v) is 7.17. The zero-order valence-electron chi connectivity index (χ0n) is 23.2. The number of nitrogens with zero attached hydrogens (tertiary/aromatic N) is 4. The molecule has 1 saturated heterocycles. The highest BCUT2D eigenvalue weighted by Crippen LogP contribution is 2.31. The normalized spacial score (nSPS) is 14.4. The predicted molar refractivity (Wildman–Crippen MR) is 153 cm³/mol. The topological polar surface area (TPSA) is 130 Å². The first-order valence-corrected chi connectivity index (χ1v) is 13.9. The van der Waals surface area contributed by atoms with Crippen molar-refractivity contribution >= 4 is 23.7 Å². The summed E-state index contributed by atoms with van der Waals surface area (Å²) in [5.41, 5.74) is 3.65. The Morgan fingerprint density at radius 2 is 1.88 bits per heavy atom. The van der Waals surface area contributed by atoms with Crippen LogP contribution in [0.15, 0.2) is 54.9 Å². The van der Waals surface area contributed by atoms with E-state index in [1.807, 2.05) is 43.3 Å². The number of carboxylic acids is 1. The van der Waals surface area contributed by atoms with E-state index in [1.165, 1.54) is 6.33 Å². The molecule has 0 spiro atoms. The van der Waals surface area contributed by atoms with E-state index in [0.29, 0.717) is 12.3 Å². The van der Waals surface area contributed by atoms with E-state index in [2.05, 4.69) is 44.6 Å². The second-order valence-electron chi connectivity index (χ2n) is 10.0. The molecule has 1 aliphatic heterocycles. The molecular weight excluding hydrogens is 508 g/mol. The van der Waals surface area contributed by atoms with E-state index < -0.39 is 18.1 Å². The Morgan fingerprint density at radius 3 is 2.60 bits per heavy atom. The highest BCUT2D eigenvalue weighted by molar-refractivity contribution is 5.79. The number of hydrogen-bond donors (Lipinski definition) is 3. The van der Waals surface area contributed by atoms with Crippen molar-refractivity contribution in [2.24, 2.45) is 0 Å². The molecule has 0 radical (unpaired) electrons. The highest BCUT2D eigenvalue weighted by Gasteiger charge is 2.25. The summed E-state index contributed by atoms with van der Waals surface area (Å²) in [6.07, 6.45) is 4.34. The smallest absolute Gasteiger partial charge is 0.408 e. The molecule has 3 aromatic rings. The van der Waals surface area contributed by atoms with Gasteiger partial charge in [-0.25, -0.2) is 24.5 Å². The maximum atomic E-state index is 12.2. The van der Waals surface area contributed by atoms with Crippen LogP contribution < -0.4 is 15.5 Å². The Morgan fingerprint density at radius 1 is 1.10 bits per heavy atom. The van der Waals surface area contributed by atoms with Crippen LogP contribution in [0.4, 0.5) is 16.4 Å². The van der Waals surface area contributed by atoms with Gasteiger partial charge in [0.25, 0.3) is 0 Å². The predicted octanol–water partition coefficient (Wildman–Crippen LogP) is 4.70. The van der Waals surface area contributed by atoms with Gasteiger partial charge in [0, 0.05) is 42.5 Å². The largest absolute Gasteiger partial charge is 0.480 e. The number of anilines is 2. The highest BCUT2D eigenvalue weighted by atomic mass is 16.5. The quantitative estimate of drug-likeness (QED) is 0.296. The number of benzene rings is 1. The fraction of sp³-hybridized carbons (Fsp3) is 0.433. The number of rotatable bonds is 12. The average Bonchev–Trinajstić information content (AvgIpc) is 2.98. The summed E-state index contributed by atoms with van der Waals surface area (Å²) in [7, 11) is 0. The molecule has 2 aromatic heterocycles. The van der Waals surface area contributed by atoms with Crippen LogP contribution in [-0.2, 0) is 22.6 Å². The van der Waals surface area contributed by atoms with E-state index in [-0.39, 0.29) is 13.0 Å². The minimum Gasteiger partial charge on any atom is -0.480 e.